The summed E-state index contributed by atoms with van der Waals surface area (Å²) in [5.41, 5.74) is 9.09. The number of carbonyl (C=O) groups is 1. The lowest BCUT2D eigenvalue weighted by Crippen LogP contribution is -2.57. The van der Waals surface area contributed by atoms with Crippen molar-refractivity contribution < 1.29 is 4.79 Å². The molecule has 2 rings (SSSR count). The number of amides is 1. The lowest BCUT2D eigenvalue weighted by molar-refractivity contribution is -0.121. The van der Waals surface area contributed by atoms with Crippen molar-refractivity contribution >= 4 is 11.6 Å². The average molecular weight is 247 g/mol. The standard InChI is InChI=1S/C14H21N3O/c1-10-4-5-11(2)13(6-10)17-8-12(7-15)16(3)9-14(17)18/h4-6,12H,7-9,15H2,1-3H3. The van der Waals surface area contributed by atoms with E-state index in [1.165, 1.54) is 5.56 Å². The summed E-state index contributed by atoms with van der Waals surface area (Å²) in [6.45, 7) is 5.78. The third-order valence-corrected chi connectivity index (χ3v) is 3.63. The predicted molar refractivity (Wildman–Crippen MR) is 73.7 cm³/mol. The number of nitrogens with zero attached hydrogens (tertiary/aromatic N) is 2. The van der Waals surface area contributed by atoms with Crippen molar-refractivity contribution in [3.8, 4) is 0 Å². The van der Waals surface area contributed by atoms with Gasteiger partial charge in [-0.3, -0.25) is 9.69 Å². The number of hydrogen-bond donors (Lipinski definition) is 1. The van der Waals surface area contributed by atoms with Gasteiger partial charge in [0.15, 0.2) is 0 Å². The molecule has 0 aliphatic carbocycles. The molecule has 0 bridgehead atoms. The molecular weight excluding hydrogens is 226 g/mol. The van der Waals surface area contributed by atoms with Gasteiger partial charge in [0.25, 0.3) is 0 Å². The monoisotopic (exact) mass is 247 g/mol. The maximum absolute atomic E-state index is 12.2. The number of rotatable bonds is 2. The van der Waals surface area contributed by atoms with E-state index in [2.05, 4.69) is 18.2 Å². The smallest absolute Gasteiger partial charge is 0.241 e. The van der Waals surface area contributed by atoms with E-state index >= 15 is 0 Å². The van der Waals surface area contributed by atoms with Crippen molar-refractivity contribution in [1.29, 1.82) is 0 Å². The van der Waals surface area contributed by atoms with E-state index in [4.69, 9.17) is 5.73 Å². The quantitative estimate of drug-likeness (QED) is 0.845. The van der Waals surface area contributed by atoms with E-state index in [1.54, 1.807) is 0 Å². The number of benzene rings is 1. The SMILES string of the molecule is Cc1ccc(C)c(N2CC(CN)N(C)CC2=O)c1. The van der Waals surface area contributed by atoms with Crippen LogP contribution in [-0.2, 0) is 4.79 Å². The topological polar surface area (TPSA) is 49.6 Å². The second kappa shape index (κ2) is 5.08. The lowest BCUT2D eigenvalue weighted by atomic mass is 10.1. The Morgan fingerprint density at radius 1 is 1.39 bits per heavy atom. The van der Waals surface area contributed by atoms with E-state index in [9.17, 15) is 4.79 Å². The van der Waals surface area contributed by atoms with Gasteiger partial charge in [0.2, 0.25) is 5.91 Å². The molecule has 1 heterocycles. The van der Waals surface area contributed by atoms with E-state index in [0.717, 1.165) is 11.3 Å². The molecule has 4 heteroatoms. The largest absolute Gasteiger partial charge is 0.329 e. The van der Waals surface area contributed by atoms with Crippen LogP contribution in [0.15, 0.2) is 18.2 Å². The Hall–Kier alpha value is -1.39. The molecule has 1 aliphatic rings. The summed E-state index contributed by atoms with van der Waals surface area (Å²) in [5, 5.41) is 0. The van der Waals surface area contributed by atoms with Gasteiger partial charge in [-0.2, -0.15) is 0 Å². The first-order valence-corrected chi connectivity index (χ1v) is 6.31. The molecule has 1 aliphatic heterocycles. The van der Waals surface area contributed by atoms with Gasteiger partial charge in [-0.05, 0) is 38.1 Å². The molecule has 1 unspecified atom stereocenters. The van der Waals surface area contributed by atoms with Gasteiger partial charge in [0.05, 0.1) is 6.54 Å². The second-order valence-electron chi connectivity index (χ2n) is 5.10. The predicted octanol–water partition coefficient (Wildman–Crippen LogP) is 0.909. The molecule has 1 amide bonds. The van der Waals surface area contributed by atoms with E-state index in [0.29, 0.717) is 19.6 Å². The zero-order valence-electron chi connectivity index (χ0n) is 11.3. The number of carbonyl (C=O) groups excluding carboxylic acids is 1. The summed E-state index contributed by atoms with van der Waals surface area (Å²) in [4.78, 5) is 16.1. The molecule has 1 aromatic rings. The van der Waals surface area contributed by atoms with Crippen LogP contribution in [0.2, 0.25) is 0 Å². The molecule has 0 spiro atoms. The number of anilines is 1. The molecular formula is C14H21N3O. The average Bonchev–Trinajstić information content (AvgIpc) is 2.33. The molecule has 2 N–H and O–H groups in total. The fourth-order valence-corrected chi connectivity index (χ4v) is 2.38. The number of hydrogen-bond acceptors (Lipinski definition) is 3. The van der Waals surface area contributed by atoms with Crippen LogP contribution >= 0.6 is 0 Å². The summed E-state index contributed by atoms with van der Waals surface area (Å²) >= 11 is 0. The van der Waals surface area contributed by atoms with Crippen LogP contribution in [0.25, 0.3) is 0 Å². The fraction of sp³-hybridized carbons (Fsp3) is 0.500. The number of piperazine rings is 1. The molecule has 0 aromatic heterocycles. The fourth-order valence-electron chi connectivity index (χ4n) is 2.38. The first-order valence-electron chi connectivity index (χ1n) is 6.31. The minimum absolute atomic E-state index is 0.149. The Kier molecular flexibility index (Phi) is 3.68. The van der Waals surface area contributed by atoms with Crippen LogP contribution in [-0.4, -0.2) is 43.5 Å². The van der Waals surface area contributed by atoms with E-state index in [1.807, 2.05) is 30.7 Å². The maximum atomic E-state index is 12.2. The molecule has 1 atom stereocenters. The molecule has 0 radical (unpaired) electrons. The summed E-state index contributed by atoms with van der Waals surface area (Å²) in [6.07, 6.45) is 0. The Balaban J connectivity index is 2.31. The molecule has 1 aromatic carbocycles. The van der Waals surface area contributed by atoms with Crippen molar-refractivity contribution in [1.82, 2.24) is 4.90 Å². The van der Waals surface area contributed by atoms with Crippen LogP contribution in [0.3, 0.4) is 0 Å². The number of nitrogens with two attached hydrogens (primary N) is 1. The van der Waals surface area contributed by atoms with Crippen LogP contribution in [0, 0.1) is 13.8 Å². The van der Waals surface area contributed by atoms with Gasteiger partial charge in [-0.25, -0.2) is 0 Å². The first-order chi connectivity index (χ1) is 8.52. The highest BCUT2D eigenvalue weighted by Gasteiger charge is 2.30. The molecule has 0 saturated carbocycles. The summed E-state index contributed by atoms with van der Waals surface area (Å²) in [6, 6.07) is 6.45. The van der Waals surface area contributed by atoms with Crippen molar-refractivity contribution in [3.05, 3.63) is 29.3 Å². The van der Waals surface area contributed by atoms with Crippen LogP contribution in [0.4, 0.5) is 5.69 Å². The molecule has 98 valence electrons. The number of likely N-dealkylation sites (N-methyl/N-ethyl adjacent to an activating group) is 1. The minimum atomic E-state index is 0.149. The third kappa shape index (κ3) is 2.40. The van der Waals surface area contributed by atoms with E-state index < -0.39 is 0 Å². The van der Waals surface area contributed by atoms with Crippen LogP contribution in [0.5, 0.6) is 0 Å². The second-order valence-corrected chi connectivity index (χ2v) is 5.10. The van der Waals surface area contributed by atoms with Crippen LogP contribution in [0.1, 0.15) is 11.1 Å². The minimum Gasteiger partial charge on any atom is -0.329 e. The molecule has 4 nitrogen and oxygen atoms in total. The van der Waals surface area contributed by atoms with Gasteiger partial charge < -0.3 is 10.6 Å². The van der Waals surface area contributed by atoms with Crippen LogP contribution < -0.4 is 10.6 Å². The van der Waals surface area contributed by atoms with Gasteiger partial charge in [-0.1, -0.05) is 12.1 Å². The van der Waals surface area contributed by atoms with E-state index in [-0.39, 0.29) is 11.9 Å². The van der Waals surface area contributed by atoms with Gasteiger partial charge >= 0.3 is 0 Å². The zero-order valence-corrected chi connectivity index (χ0v) is 11.3. The van der Waals surface area contributed by atoms with Gasteiger partial charge in [0.1, 0.15) is 0 Å². The highest BCUT2D eigenvalue weighted by molar-refractivity contribution is 5.96. The Morgan fingerprint density at radius 3 is 2.78 bits per heavy atom. The normalized spacial score (nSPS) is 21.4. The van der Waals surface area contributed by atoms with Crippen molar-refractivity contribution in [3.63, 3.8) is 0 Å². The highest BCUT2D eigenvalue weighted by Crippen LogP contribution is 2.24. The van der Waals surface area contributed by atoms with Crippen molar-refractivity contribution in [2.75, 3.05) is 31.6 Å². The van der Waals surface area contributed by atoms with Crippen molar-refractivity contribution in [2.24, 2.45) is 5.73 Å². The highest BCUT2D eigenvalue weighted by atomic mass is 16.2. The van der Waals surface area contributed by atoms with Gasteiger partial charge in [-0.15, -0.1) is 0 Å². The maximum Gasteiger partial charge on any atom is 0.241 e. The number of aryl methyl sites for hydroxylation is 2. The third-order valence-electron chi connectivity index (χ3n) is 3.63. The molecule has 1 saturated heterocycles. The molecule has 1 fully saturated rings. The lowest BCUT2D eigenvalue weighted by Gasteiger charge is -2.39. The molecule has 18 heavy (non-hydrogen) atoms. The summed E-state index contributed by atoms with van der Waals surface area (Å²) in [5.74, 6) is 0.149. The van der Waals surface area contributed by atoms with Gasteiger partial charge in [0, 0.05) is 24.8 Å². The Morgan fingerprint density at radius 2 is 2.11 bits per heavy atom. The Bertz CT molecular complexity index is 458. The van der Waals surface area contributed by atoms with Crippen molar-refractivity contribution in [2.45, 2.75) is 19.9 Å². The zero-order chi connectivity index (χ0) is 13.3. The Labute approximate surface area is 108 Å². The summed E-state index contributed by atoms with van der Waals surface area (Å²) < 4.78 is 0. The summed E-state index contributed by atoms with van der Waals surface area (Å²) in [7, 11) is 1.95. The first kappa shape index (κ1) is 13.1.